The molecule has 2 aliphatic heterocycles. The second-order valence-corrected chi connectivity index (χ2v) is 21.7. The zero-order valence-electron chi connectivity index (χ0n) is 46.5. The van der Waals surface area contributed by atoms with Crippen LogP contribution in [0.3, 0.4) is 0 Å². The second kappa shape index (κ2) is 27.7. The van der Waals surface area contributed by atoms with Crippen molar-refractivity contribution >= 4 is 66.7 Å². The van der Waals surface area contributed by atoms with Crippen molar-refractivity contribution in [2.75, 3.05) is 9.80 Å². The number of aryl methyl sites for hydroxylation is 4. The number of benzene rings is 4. The monoisotopic (exact) mass is 1440 g/mol. The molecule has 2 aromatic heterocycles. The third-order valence-electron chi connectivity index (χ3n) is 13.3. The minimum absolute atomic E-state index is 0. The predicted octanol–water partition coefficient (Wildman–Crippen LogP) is 12.6. The van der Waals surface area contributed by atoms with Crippen LogP contribution in [0.4, 0.5) is 22.7 Å². The Bertz CT molecular complexity index is 3210. The molecule has 2 radical (unpaired) electrons. The molecule has 0 saturated carbocycles. The summed E-state index contributed by atoms with van der Waals surface area (Å²) in [5.41, 5.74) is 10.7. The van der Waals surface area contributed by atoms with E-state index in [2.05, 4.69) is 14.1 Å². The molecule has 2 unspecified atom stereocenters. The van der Waals surface area contributed by atoms with Gasteiger partial charge in [0.05, 0.1) is 43.9 Å². The zero-order chi connectivity index (χ0) is 56.5. The van der Waals surface area contributed by atoms with Crippen molar-refractivity contribution in [1.82, 2.24) is 0 Å². The molecule has 6 aromatic rings. The van der Waals surface area contributed by atoms with Crippen LogP contribution in [0.25, 0.3) is 12.2 Å². The maximum atomic E-state index is 12.4. The summed E-state index contributed by atoms with van der Waals surface area (Å²) in [6.45, 7) is 22.9. The molecule has 0 bridgehead atoms. The quantitative estimate of drug-likeness (QED) is 0.0710. The second-order valence-electron chi connectivity index (χ2n) is 18.9. The molecule has 2 aliphatic rings. The van der Waals surface area contributed by atoms with Crippen molar-refractivity contribution in [3.63, 3.8) is 0 Å². The number of hydrogen-bond acceptors (Lipinski definition) is 9. The van der Waals surface area contributed by atoms with Gasteiger partial charge in [0.2, 0.25) is 0 Å². The molecule has 0 saturated heterocycles. The number of hydrogen-bond donors (Lipinski definition) is 1. The summed E-state index contributed by atoms with van der Waals surface area (Å²) in [5, 5.41) is 0. The number of anilines is 4. The van der Waals surface area contributed by atoms with Gasteiger partial charge in [-0.3, -0.25) is 14.1 Å². The Kier molecular flexibility index (Phi) is 23.5. The number of nitrogens with zero attached hydrogens (tertiary/aromatic N) is 4. The van der Waals surface area contributed by atoms with E-state index >= 15 is 0 Å². The summed E-state index contributed by atoms with van der Waals surface area (Å²) in [5.74, 6) is -0.0715. The molecule has 0 fully saturated rings. The average molecular weight is 1440 g/mol. The Labute approximate surface area is 491 Å². The maximum absolute atomic E-state index is 12.4. The molecule has 0 aliphatic carbocycles. The fourth-order valence-corrected chi connectivity index (χ4v) is 10.9. The van der Waals surface area contributed by atoms with Crippen LogP contribution >= 0.6 is 0 Å². The van der Waals surface area contributed by atoms with Gasteiger partial charge < -0.3 is 23.5 Å². The number of Topliss-reactive ketones (excluding diaryl/α,β-unsaturated/α-hetero) is 2. The van der Waals surface area contributed by atoms with Crippen molar-refractivity contribution < 1.29 is 85.5 Å². The third-order valence-corrected chi connectivity index (χ3v) is 15.0. The molecule has 4 aromatic carbocycles. The summed E-state index contributed by atoms with van der Waals surface area (Å²) in [6.07, 6.45) is 12.1. The van der Waals surface area contributed by atoms with Crippen molar-refractivity contribution in [3.05, 3.63) is 216 Å². The van der Waals surface area contributed by atoms with Gasteiger partial charge in [-0.15, -0.1) is 0 Å². The topological polar surface area (TPSA) is 160 Å². The van der Waals surface area contributed by atoms with Gasteiger partial charge in [0.15, 0.2) is 0 Å². The van der Waals surface area contributed by atoms with Crippen LogP contribution < -0.4 is 18.9 Å². The molecule has 1 N–H and O–H groups in total. The van der Waals surface area contributed by atoms with Crippen molar-refractivity contribution in [2.24, 2.45) is 0 Å². The third kappa shape index (κ3) is 14.8. The van der Waals surface area contributed by atoms with E-state index in [9.17, 15) is 35.5 Å². The van der Waals surface area contributed by atoms with Crippen LogP contribution in [0, 0.1) is 41.8 Å². The van der Waals surface area contributed by atoms with Gasteiger partial charge in [-0.1, -0.05) is 88.4 Å². The molecular weight excluding hydrogens is 1370 g/mol. The number of allylic oxidation sites excluding steroid dienone is 6. The van der Waals surface area contributed by atoms with Crippen LogP contribution in [0.5, 0.6) is 0 Å². The minimum Gasteiger partial charge on any atom is -0.744 e. The zero-order valence-corrected chi connectivity index (χ0v) is 53.6. The molecule has 16 heteroatoms. The first kappa shape index (κ1) is 66.2. The summed E-state index contributed by atoms with van der Waals surface area (Å²) < 4.78 is 72.9. The molecule has 12 nitrogen and oxygen atoms in total. The molecular formula is C62H71N4O8Re2S2-. The van der Waals surface area contributed by atoms with E-state index < -0.39 is 31.1 Å². The summed E-state index contributed by atoms with van der Waals surface area (Å²) in [4.78, 5) is 28.4. The number of aromatic nitrogens is 2. The summed E-state index contributed by atoms with van der Waals surface area (Å²) >= 11 is 0. The van der Waals surface area contributed by atoms with E-state index in [0.29, 0.717) is 11.1 Å². The van der Waals surface area contributed by atoms with Gasteiger partial charge >= 0.3 is 0 Å². The van der Waals surface area contributed by atoms with Crippen LogP contribution in [0.1, 0.15) is 113 Å². The first-order valence-electron chi connectivity index (χ1n) is 25.2. The average Bonchev–Trinajstić information content (AvgIpc) is 3.83. The van der Waals surface area contributed by atoms with Crippen molar-refractivity contribution in [1.29, 1.82) is 0 Å². The number of para-hydroxylation sites is 2. The van der Waals surface area contributed by atoms with Gasteiger partial charge in [-0.2, -0.15) is 8.42 Å². The molecule has 0 spiro atoms. The van der Waals surface area contributed by atoms with E-state index in [-0.39, 0.29) is 75.0 Å². The smallest absolute Gasteiger partial charge is 0.294 e. The summed E-state index contributed by atoms with van der Waals surface area (Å²) in [6, 6.07) is 36.5. The van der Waals surface area contributed by atoms with E-state index in [1.165, 1.54) is 38.1 Å². The van der Waals surface area contributed by atoms with Crippen LogP contribution in [-0.2, 0) is 81.5 Å². The van der Waals surface area contributed by atoms with Crippen LogP contribution in [0.2, 0.25) is 0 Å². The normalized spacial score (nSPS) is 17.4. The Hall–Kier alpha value is -6.04. The Morgan fingerprint density at radius 2 is 0.885 bits per heavy atom. The first-order valence-corrected chi connectivity index (χ1v) is 28.1. The Morgan fingerprint density at radius 1 is 0.564 bits per heavy atom. The van der Waals surface area contributed by atoms with Gasteiger partial charge in [0.25, 0.3) is 10.1 Å². The van der Waals surface area contributed by atoms with Gasteiger partial charge in [-0.25, -0.2) is 8.42 Å². The van der Waals surface area contributed by atoms with Gasteiger partial charge in [0.1, 0.15) is 21.7 Å². The fraction of sp³-hybridized carbons (Fsp3) is 0.258. The van der Waals surface area contributed by atoms with Crippen LogP contribution in [0.15, 0.2) is 167 Å². The van der Waals surface area contributed by atoms with E-state index in [4.69, 9.17) is 0 Å². The molecule has 2 atom stereocenters. The van der Waals surface area contributed by atoms with Crippen molar-refractivity contribution in [2.45, 2.75) is 117 Å². The van der Waals surface area contributed by atoms with Gasteiger partial charge in [-0.05, 0) is 175 Å². The largest absolute Gasteiger partial charge is 0.744 e. The molecule has 414 valence electrons. The van der Waals surface area contributed by atoms with Crippen LogP contribution in [-0.4, -0.2) is 37.5 Å². The number of ketones is 2. The Balaban J connectivity index is 0.000000377. The van der Waals surface area contributed by atoms with Crippen molar-refractivity contribution in [3.8, 4) is 0 Å². The molecule has 8 rings (SSSR count). The predicted molar refractivity (Wildman–Crippen MR) is 304 cm³/mol. The molecule has 78 heavy (non-hydrogen) atoms. The Morgan fingerprint density at radius 3 is 1.19 bits per heavy atom. The first-order chi connectivity index (χ1) is 35.8. The number of carbonyl (C=O) groups excluding carboxylic acids is 2. The van der Waals surface area contributed by atoms with Gasteiger partial charge in [0, 0.05) is 101 Å². The number of carbonyl (C=O) groups is 2. The fourth-order valence-electron chi connectivity index (χ4n) is 9.85. The standard InChI is InChI=1S/2C29H30N2O4S.2C2H6.2Re/c2*1-20-16-23(17-21(2)30(20)5)10-9-13-28-29(4,19-22(3)32)26-18-25(36(33,34)35)14-15-27(26)31(28)24-11-7-6-8-12-24;2*1-2;;/h2*6-18H,5,19H2,1-4H3,(H,33,34,35);2*1-2H3;;/p-1. The maximum Gasteiger partial charge on any atom is 0.294 e. The molecule has 0 amide bonds. The number of fused-ring (bicyclic) bond motifs is 2. The van der Waals surface area contributed by atoms with E-state index in [0.717, 1.165) is 68.0 Å². The summed E-state index contributed by atoms with van der Waals surface area (Å²) in [7, 11) is -1.03. The van der Waals surface area contributed by atoms with E-state index in [1.807, 2.05) is 210 Å². The minimum atomic E-state index is -4.66. The number of pyridine rings is 2. The molecule has 4 heterocycles. The number of rotatable bonds is 12. The SMILES string of the molecule is CC.CC.[CH2-][n+]1c(C)cc(C=CC=C2N(c3ccccc3)c3ccc(S(=O)(=O)O)cc3C2(C)CC(C)=O)cc1C.[CH2-][n+]1c(C)cc(C=CC=C2N(c3ccccc3)c3ccc(S(=O)(=O)[O-])cc3C2(C)CC(C)=O)cc1C.[Re].[Re]. The van der Waals surface area contributed by atoms with E-state index in [1.54, 1.807) is 12.1 Å².